The van der Waals surface area contributed by atoms with Crippen LogP contribution in [0.1, 0.15) is 11.1 Å². The van der Waals surface area contributed by atoms with Gasteiger partial charge in [0.1, 0.15) is 5.75 Å². The molecule has 0 saturated heterocycles. The fraction of sp³-hybridized carbons (Fsp3) is 0.154. The number of hydrogen-bond acceptors (Lipinski definition) is 4. The lowest BCUT2D eigenvalue weighted by molar-refractivity contribution is 0.416. The number of thiophene rings is 1. The smallest absolute Gasteiger partial charge is 0.143 e. The molecule has 1 aromatic carbocycles. The summed E-state index contributed by atoms with van der Waals surface area (Å²) in [6.07, 6.45) is 0. The molecule has 86 valence electrons. The molecule has 0 radical (unpaired) electrons. The molecule has 1 N–H and O–H groups in total. The Hall–Kier alpha value is -1.99. The van der Waals surface area contributed by atoms with E-state index in [1.54, 1.807) is 30.6 Å². The molecule has 0 unspecified atom stereocenters. The third kappa shape index (κ3) is 2.77. The van der Waals surface area contributed by atoms with Gasteiger partial charge in [-0.15, -0.1) is 0 Å². The Bertz CT molecular complexity index is 529. The Morgan fingerprint density at radius 2 is 2.29 bits per heavy atom. The fourth-order valence-corrected chi connectivity index (χ4v) is 2.17. The van der Waals surface area contributed by atoms with Gasteiger partial charge in [-0.3, -0.25) is 0 Å². The van der Waals surface area contributed by atoms with Crippen molar-refractivity contribution in [3.8, 4) is 11.8 Å². The third-order valence-corrected chi connectivity index (χ3v) is 3.13. The van der Waals surface area contributed by atoms with Crippen molar-refractivity contribution >= 4 is 17.0 Å². The SMILES string of the molecule is COc1cc(C#N)ccc1NCc1ccsc1. The van der Waals surface area contributed by atoms with Gasteiger partial charge in [-0.05, 0) is 34.5 Å². The van der Waals surface area contributed by atoms with Crippen LogP contribution in [0.3, 0.4) is 0 Å². The molecule has 17 heavy (non-hydrogen) atoms. The maximum Gasteiger partial charge on any atom is 0.143 e. The molecule has 1 aromatic heterocycles. The van der Waals surface area contributed by atoms with E-state index < -0.39 is 0 Å². The van der Waals surface area contributed by atoms with Gasteiger partial charge < -0.3 is 10.1 Å². The average molecular weight is 244 g/mol. The minimum atomic E-state index is 0.600. The van der Waals surface area contributed by atoms with Crippen LogP contribution in [-0.4, -0.2) is 7.11 Å². The maximum absolute atomic E-state index is 8.80. The number of nitrogens with one attached hydrogen (secondary N) is 1. The Morgan fingerprint density at radius 3 is 2.94 bits per heavy atom. The van der Waals surface area contributed by atoms with E-state index in [1.165, 1.54) is 5.56 Å². The molecule has 2 rings (SSSR count). The van der Waals surface area contributed by atoms with Crippen molar-refractivity contribution in [3.63, 3.8) is 0 Å². The molecular formula is C13H12N2OS. The standard InChI is InChI=1S/C13H12N2OS/c1-16-13-6-10(7-14)2-3-12(13)15-8-11-4-5-17-9-11/h2-6,9,15H,8H2,1H3. The van der Waals surface area contributed by atoms with Gasteiger partial charge in [-0.1, -0.05) is 0 Å². The van der Waals surface area contributed by atoms with Crippen molar-refractivity contribution in [2.75, 3.05) is 12.4 Å². The monoisotopic (exact) mass is 244 g/mol. The fourth-order valence-electron chi connectivity index (χ4n) is 1.50. The molecule has 4 heteroatoms. The molecule has 2 aromatic rings. The van der Waals surface area contributed by atoms with E-state index >= 15 is 0 Å². The summed E-state index contributed by atoms with van der Waals surface area (Å²) < 4.78 is 5.25. The highest BCUT2D eigenvalue weighted by Crippen LogP contribution is 2.25. The quantitative estimate of drug-likeness (QED) is 0.898. The molecule has 0 aliphatic carbocycles. The number of nitrogens with zero attached hydrogens (tertiary/aromatic N) is 1. The first-order chi connectivity index (χ1) is 8.33. The molecule has 0 aliphatic heterocycles. The summed E-state index contributed by atoms with van der Waals surface area (Å²) in [5.74, 6) is 0.694. The van der Waals surface area contributed by atoms with Crippen LogP contribution in [0.4, 0.5) is 5.69 Å². The van der Waals surface area contributed by atoms with Crippen LogP contribution in [0.2, 0.25) is 0 Å². The molecule has 3 nitrogen and oxygen atoms in total. The topological polar surface area (TPSA) is 45.0 Å². The van der Waals surface area contributed by atoms with E-state index in [4.69, 9.17) is 10.00 Å². The van der Waals surface area contributed by atoms with Gasteiger partial charge in [0.25, 0.3) is 0 Å². The van der Waals surface area contributed by atoms with Gasteiger partial charge >= 0.3 is 0 Å². The zero-order chi connectivity index (χ0) is 12.1. The van der Waals surface area contributed by atoms with Crippen molar-refractivity contribution in [3.05, 3.63) is 46.2 Å². The number of rotatable bonds is 4. The van der Waals surface area contributed by atoms with Crippen molar-refractivity contribution in [2.45, 2.75) is 6.54 Å². The summed E-state index contributed by atoms with van der Waals surface area (Å²) in [6.45, 7) is 0.756. The van der Waals surface area contributed by atoms with E-state index in [9.17, 15) is 0 Å². The Kier molecular flexibility index (Phi) is 3.63. The lowest BCUT2D eigenvalue weighted by Gasteiger charge is -2.10. The number of methoxy groups -OCH3 is 1. The van der Waals surface area contributed by atoms with Crippen LogP contribution in [-0.2, 0) is 6.54 Å². The molecular weight excluding hydrogens is 232 g/mol. The number of nitriles is 1. The van der Waals surface area contributed by atoms with Gasteiger partial charge in [0.15, 0.2) is 0 Å². The summed E-state index contributed by atoms with van der Waals surface area (Å²) in [4.78, 5) is 0. The molecule has 0 atom stereocenters. The summed E-state index contributed by atoms with van der Waals surface area (Å²) in [7, 11) is 1.60. The van der Waals surface area contributed by atoms with Crippen LogP contribution in [0.25, 0.3) is 0 Å². The third-order valence-electron chi connectivity index (χ3n) is 2.39. The largest absolute Gasteiger partial charge is 0.495 e. The van der Waals surface area contributed by atoms with Crippen molar-refractivity contribution in [1.82, 2.24) is 0 Å². The zero-order valence-electron chi connectivity index (χ0n) is 9.43. The Morgan fingerprint density at radius 1 is 1.41 bits per heavy atom. The van der Waals surface area contributed by atoms with E-state index in [1.807, 2.05) is 11.4 Å². The summed E-state index contributed by atoms with van der Waals surface area (Å²) in [6, 6.07) is 9.54. The van der Waals surface area contributed by atoms with Gasteiger partial charge in [0.05, 0.1) is 24.4 Å². The van der Waals surface area contributed by atoms with Gasteiger partial charge in [0, 0.05) is 12.6 Å². The summed E-state index contributed by atoms with van der Waals surface area (Å²) in [5, 5.41) is 16.2. The normalized spacial score (nSPS) is 9.65. The first kappa shape index (κ1) is 11.5. The van der Waals surface area contributed by atoms with Crippen LogP contribution in [0, 0.1) is 11.3 Å². The van der Waals surface area contributed by atoms with Crippen LogP contribution in [0.15, 0.2) is 35.0 Å². The molecule has 0 bridgehead atoms. The first-order valence-corrected chi connectivity index (χ1v) is 6.11. The molecule has 0 aliphatic rings. The second-order valence-electron chi connectivity index (χ2n) is 3.51. The van der Waals surface area contributed by atoms with Gasteiger partial charge in [-0.2, -0.15) is 16.6 Å². The molecule has 0 saturated carbocycles. The molecule has 0 amide bonds. The summed E-state index contributed by atoms with van der Waals surface area (Å²) in [5.41, 5.74) is 2.74. The van der Waals surface area contributed by atoms with Crippen LogP contribution < -0.4 is 10.1 Å². The van der Waals surface area contributed by atoms with E-state index in [2.05, 4.69) is 22.8 Å². The van der Waals surface area contributed by atoms with Crippen molar-refractivity contribution < 1.29 is 4.74 Å². The number of benzene rings is 1. The predicted octanol–water partition coefficient (Wildman–Crippen LogP) is 3.24. The van der Waals surface area contributed by atoms with Gasteiger partial charge in [0.2, 0.25) is 0 Å². The second kappa shape index (κ2) is 5.37. The number of ether oxygens (including phenoxy) is 1. The zero-order valence-corrected chi connectivity index (χ0v) is 10.3. The average Bonchev–Trinajstić information content (AvgIpc) is 2.89. The lowest BCUT2D eigenvalue weighted by atomic mass is 10.2. The molecule has 0 spiro atoms. The highest BCUT2D eigenvalue weighted by Gasteiger charge is 2.04. The summed E-state index contributed by atoms with van der Waals surface area (Å²) >= 11 is 1.68. The van der Waals surface area contributed by atoms with Crippen LogP contribution >= 0.6 is 11.3 Å². The highest BCUT2D eigenvalue weighted by molar-refractivity contribution is 7.07. The number of anilines is 1. The minimum Gasteiger partial charge on any atom is -0.495 e. The predicted molar refractivity (Wildman–Crippen MR) is 69.4 cm³/mol. The number of hydrogen-bond donors (Lipinski definition) is 1. The minimum absolute atomic E-state index is 0.600. The van der Waals surface area contributed by atoms with E-state index in [-0.39, 0.29) is 0 Å². The second-order valence-corrected chi connectivity index (χ2v) is 4.29. The van der Waals surface area contributed by atoms with Gasteiger partial charge in [-0.25, -0.2) is 0 Å². The van der Waals surface area contributed by atoms with Crippen molar-refractivity contribution in [1.29, 1.82) is 5.26 Å². The van der Waals surface area contributed by atoms with E-state index in [0.29, 0.717) is 11.3 Å². The van der Waals surface area contributed by atoms with Crippen LogP contribution in [0.5, 0.6) is 5.75 Å². The maximum atomic E-state index is 8.80. The molecule has 0 fully saturated rings. The first-order valence-electron chi connectivity index (χ1n) is 5.16. The van der Waals surface area contributed by atoms with E-state index in [0.717, 1.165) is 12.2 Å². The Labute approximate surface area is 104 Å². The van der Waals surface area contributed by atoms with Crippen molar-refractivity contribution in [2.24, 2.45) is 0 Å². The molecule has 1 heterocycles. The Balaban J connectivity index is 2.13. The highest BCUT2D eigenvalue weighted by atomic mass is 32.1. The lowest BCUT2D eigenvalue weighted by Crippen LogP contribution is -2.00.